The van der Waals surface area contributed by atoms with E-state index in [0.717, 1.165) is 16.8 Å². The van der Waals surface area contributed by atoms with Crippen molar-refractivity contribution in [3.8, 4) is 17.3 Å². The molecule has 1 aromatic heterocycles. The van der Waals surface area contributed by atoms with Crippen LogP contribution in [0.2, 0.25) is 0 Å². The van der Waals surface area contributed by atoms with Gasteiger partial charge < -0.3 is 10.6 Å². The van der Waals surface area contributed by atoms with E-state index in [-0.39, 0.29) is 6.04 Å². The maximum atomic E-state index is 9.50. The minimum absolute atomic E-state index is 0.187. The summed E-state index contributed by atoms with van der Waals surface area (Å²) in [6.45, 7) is 0. The first-order valence-electron chi connectivity index (χ1n) is 6.96. The van der Waals surface area contributed by atoms with Crippen molar-refractivity contribution < 1.29 is 0 Å². The van der Waals surface area contributed by atoms with Crippen LogP contribution in [0.25, 0.3) is 11.3 Å². The molecule has 0 fully saturated rings. The van der Waals surface area contributed by atoms with Crippen molar-refractivity contribution in [1.82, 2.24) is 10.3 Å². The van der Waals surface area contributed by atoms with Gasteiger partial charge in [0, 0.05) is 24.4 Å². The summed E-state index contributed by atoms with van der Waals surface area (Å²) in [5, 5.41) is 15.4. The fourth-order valence-corrected chi connectivity index (χ4v) is 2.40. The SMILES string of the molecule is CNc1nc(-c2ccccc2)cc(C2C=CNC=N2)c1C#N. The smallest absolute Gasteiger partial charge is 0.144 e. The second-order valence-electron chi connectivity index (χ2n) is 4.80. The van der Waals surface area contributed by atoms with E-state index in [2.05, 4.69) is 26.7 Å². The van der Waals surface area contributed by atoms with Crippen molar-refractivity contribution in [2.75, 3.05) is 12.4 Å². The van der Waals surface area contributed by atoms with Crippen LogP contribution >= 0.6 is 0 Å². The Labute approximate surface area is 129 Å². The lowest BCUT2D eigenvalue weighted by atomic mass is 9.98. The quantitative estimate of drug-likeness (QED) is 0.911. The van der Waals surface area contributed by atoms with Crippen LogP contribution in [0.1, 0.15) is 17.2 Å². The molecule has 108 valence electrons. The third-order valence-corrected chi connectivity index (χ3v) is 3.47. The number of hydrogen-bond donors (Lipinski definition) is 2. The molecule has 1 unspecified atom stereocenters. The zero-order chi connectivity index (χ0) is 15.4. The molecule has 1 aromatic carbocycles. The number of nitrogens with one attached hydrogen (secondary N) is 2. The van der Waals surface area contributed by atoms with Crippen molar-refractivity contribution in [1.29, 1.82) is 5.26 Å². The van der Waals surface area contributed by atoms with Crippen LogP contribution in [0, 0.1) is 11.3 Å². The number of nitriles is 1. The van der Waals surface area contributed by atoms with E-state index < -0.39 is 0 Å². The van der Waals surface area contributed by atoms with Gasteiger partial charge >= 0.3 is 0 Å². The highest BCUT2D eigenvalue weighted by Crippen LogP contribution is 2.31. The van der Waals surface area contributed by atoms with E-state index in [1.165, 1.54) is 0 Å². The van der Waals surface area contributed by atoms with E-state index >= 15 is 0 Å². The minimum atomic E-state index is -0.187. The van der Waals surface area contributed by atoms with E-state index in [4.69, 9.17) is 0 Å². The molecule has 1 aliphatic rings. The number of nitrogens with zero attached hydrogens (tertiary/aromatic N) is 3. The van der Waals surface area contributed by atoms with Gasteiger partial charge in [-0.15, -0.1) is 0 Å². The van der Waals surface area contributed by atoms with Crippen LogP contribution in [0.4, 0.5) is 5.82 Å². The Hall–Kier alpha value is -3.13. The molecule has 0 aliphatic carbocycles. The molecule has 22 heavy (non-hydrogen) atoms. The molecule has 2 heterocycles. The van der Waals surface area contributed by atoms with Crippen LogP contribution in [0.3, 0.4) is 0 Å². The van der Waals surface area contributed by atoms with Gasteiger partial charge in [0.25, 0.3) is 0 Å². The number of hydrogen-bond acceptors (Lipinski definition) is 5. The maximum Gasteiger partial charge on any atom is 0.144 e. The minimum Gasteiger partial charge on any atom is -0.372 e. The lowest BCUT2D eigenvalue weighted by Gasteiger charge is -2.17. The summed E-state index contributed by atoms with van der Waals surface area (Å²) in [5.74, 6) is 0.570. The lowest BCUT2D eigenvalue weighted by Crippen LogP contribution is -2.11. The Balaban J connectivity index is 2.18. The Morgan fingerprint density at radius 3 is 2.73 bits per heavy atom. The summed E-state index contributed by atoms with van der Waals surface area (Å²) in [5.41, 5.74) is 3.19. The molecule has 3 rings (SSSR count). The van der Waals surface area contributed by atoms with Crippen LogP contribution in [0.5, 0.6) is 0 Å². The summed E-state index contributed by atoms with van der Waals surface area (Å²) in [6.07, 6.45) is 5.37. The highest BCUT2D eigenvalue weighted by molar-refractivity contribution is 5.69. The molecule has 1 aliphatic heterocycles. The summed E-state index contributed by atoms with van der Waals surface area (Å²) < 4.78 is 0. The van der Waals surface area contributed by atoms with Gasteiger partial charge in [-0.05, 0) is 12.1 Å². The number of aromatic nitrogens is 1. The van der Waals surface area contributed by atoms with Gasteiger partial charge in [-0.2, -0.15) is 5.26 Å². The summed E-state index contributed by atoms with van der Waals surface area (Å²) in [4.78, 5) is 8.95. The average molecular weight is 289 g/mol. The van der Waals surface area contributed by atoms with Crippen molar-refractivity contribution in [2.45, 2.75) is 6.04 Å². The predicted molar refractivity (Wildman–Crippen MR) is 87.4 cm³/mol. The second-order valence-corrected chi connectivity index (χ2v) is 4.80. The molecule has 5 heteroatoms. The molecule has 1 atom stereocenters. The zero-order valence-electron chi connectivity index (χ0n) is 12.1. The van der Waals surface area contributed by atoms with Gasteiger partial charge in [0.15, 0.2) is 0 Å². The van der Waals surface area contributed by atoms with Gasteiger partial charge in [0.2, 0.25) is 0 Å². The second kappa shape index (κ2) is 6.10. The van der Waals surface area contributed by atoms with E-state index in [1.54, 1.807) is 13.4 Å². The topological polar surface area (TPSA) is 73.1 Å². The van der Waals surface area contributed by atoms with E-state index in [0.29, 0.717) is 11.4 Å². The number of pyridine rings is 1. The van der Waals surface area contributed by atoms with Crippen molar-refractivity contribution in [3.05, 3.63) is 59.8 Å². The first-order valence-corrected chi connectivity index (χ1v) is 6.96. The maximum absolute atomic E-state index is 9.50. The molecule has 0 amide bonds. The van der Waals surface area contributed by atoms with Gasteiger partial charge in [0.1, 0.15) is 17.5 Å². The lowest BCUT2D eigenvalue weighted by molar-refractivity contribution is 0.877. The molecule has 0 bridgehead atoms. The molecular weight excluding hydrogens is 274 g/mol. The van der Waals surface area contributed by atoms with Gasteiger partial charge in [-0.3, -0.25) is 4.99 Å². The molecule has 0 radical (unpaired) electrons. The largest absolute Gasteiger partial charge is 0.372 e. The van der Waals surface area contributed by atoms with Crippen LogP contribution < -0.4 is 10.6 Å². The van der Waals surface area contributed by atoms with Gasteiger partial charge in [-0.25, -0.2) is 4.98 Å². The monoisotopic (exact) mass is 289 g/mol. The van der Waals surface area contributed by atoms with Gasteiger partial charge in [-0.1, -0.05) is 30.3 Å². The van der Waals surface area contributed by atoms with Crippen molar-refractivity contribution in [3.63, 3.8) is 0 Å². The first-order chi connectivity index (χ1) is 10.8. The number of aliphatic imine (C=N–C) groups is 1. The highest BCUT2D eigenvalue weighted by Gasteiger charge is 2.19. The van der Waals surface area contributed by atoms with E-state index in [9.17, 15) is 5.26 Å². The molecule has 2 aromatic rings. The summed E-state index contributed by atoms with van der Waals surface area (Å²) >= 11 is 0. The zero-order valence-corrected chi connectivity index (χ0v) is 12.1. The average Bonchev–Trinajstić information content (AvgIpc) is 2.62. The molecule has 0 saturated heterocycles. The van der Waals surface area contributed by atoms with Crippen molar-refractivity contribution in [2.24, 2.45) is 4.99 Å². The number of rotatable bonds is 3. The summed E-state index contributed by atoms with van der Waals surface area (Å²) in [6, 6.07) is 13.9. The number of benzene rings is 1. The first kappa shape index (κ1) is 13.8. The standard InChI is InChI=1S/C17H15N5/c1-19-17-14(10-18)13(15-7-8-20-11-21-15)9-16(22-17)12-5-3-2-4-6-12/h2-9,11,15H,1H3,(H,19,22)(H,20,21). The molecular formula is C17H15N5. The third kappa shape index (κ3) is 2.54. The third-order valence-electron chi connectivity index (χ3n) is 3.47. The molecule has 5 nitrogen and oxygen atoms in total. The Morgan fingerprint density at radius 2 is 2.09 bits per heavy atom. The summed E-state index contributed by atoms with van der Waals surface area (Å²) in [7, 11) is 1.77. The Kier molecular flexibility index (Phi) is 3.84. The van der Waals surface area contributed by atoms with Crippen LogP contribution in [0.15, 0.2) is 53.7 Å². The normalized spacial score (nSPS) is 15.9. The van der Waals surface area contributed by atoms with Crippen LogP contribution in [-0.4, -0.2) is 18.4 Å². The van der Waals surface area contributed by atoms with Crippen molar-refractivity contribution >= 4 is 12.2 Å². The fourth-order valence-electron chi connectivity index (χ4n) is 2.40. The molecule has 2 N–H and O–H groups in total. The molecule has 0 spiro atoms. The van der Waals surface area contributed by atoms with Gasteiger partial charge in [0.05, 0.1) is 18.1 Å². The van der Waals surface area contributed by atoms with E-state index in [1.807, 2.05) is 48.7 Å². The number of anilines is 1. The Morgan fingerprint density at radius 1 is 1.27 bits per heavy atom. The fraction of sp³-hybridized carbons (Fsp3) is 0.118. The molecule has 0 saturated carbocycles. The Bertz CT molecular complexity index is 760. The van der Waals surface area contributed by atoms with Crippen LogP contribution in [-0.2, 0) is 0 Å². The predicted octanol–water partition coefficient (Wildman–Crippen LogP) is 2.85. The highest BCUT2D eigenvalue weighted by atomic mass is 15.0.